The van der Waals surface area contributed by atoms with Gasteiger partial charge in [-0.25, -0.2) is 13.8 Å². The van der Waals surface area contributed by atoms with E-state index in [-0.39, 0.29) is 17.1 Å². The summed E-state index contributed by atoms with van der Waals surface area (Å²) < 4.78 is 24.1. The molecule has 0 aromatic carbocycles. The van der Waals surface area contributed by atoms with Gasteiger partial charge in [-0.1, -0.05) is 6.92 Å². The van der Waals surface area contributed by atoms with Crippen LogP contribution in [-0.4, -0.2) is 35.3 Å². The van der Waals surface area contributed by atoms with Crippen molar-refractivity contribution in [3.8, 4) is 0 Å². The van der Waals surface area contributed by atoms with Gasteiger partial charge in [0.05, 0.1) is 17.0 Å². The molecular formula is C11H14F2N4O3. The zero-order valence-corrected chi connectivity index (χ0v) is 10.7. The van der Waals surface area contributed by atoms with E-state index in [1.54, 1.807) is 0 Å². The van der Waals surface area contributed by atoms with Gasteiger partial charge in [0.25, 0.3) is 18.0 Å². The summed E-state index contributed by atoms with van der Waals surface area (Å²) in [6, 6.07) is 1.01. The number of aromatic nitrogens is 1. The molecule has 110 valence electrons. The third-order valence-corrected chi connectivity index (χ3v) is 2.29. The third-order valence-electron chi connectivity index (χ3n) is 2.29. The Hall–Kier alpha value is -2.32. The highest BCUT2D eigenvalue weighted by atomic mass is 19.3. The zero-order chi connectivity index (χ0) is 15.1. The molecule has 0 aliphatic heterocycles. The van der Waals surface area contributed by atoms with Crippen LogP contribution in [0.25, 0.3) is 0 Å². The lowest BCUT2D eigenvalue weighted by Gasteiger charge is -2.10. The van der Waals surface area contributed by atoms with Gasteiger partial charge in [-0.2, -0.15) is 0 Å². The Bertz CT molecular complexity index is 497. The summed E-state index contributed by atoms with van der Waals surface area (Å²) in [5.41, 5.74) is -0.512. The Morgan fingerprint density at radius 3 is 2.80 bits per heavy atom. The second-order valence-electron chi connectivity index (χ2n) is 3.87. The number of anilines is 1. The third kappa shape index (κ3) is 4.41. The van der Waals surface area contributed by atoms with Crippen molar-refractivity contribution in [1.82, 2.24) is 10.3 Å². The number of pyridine rings is 1. The lowest BCUT2D eigenvalue weighted by molar-refractivity contribution is -0.385. The average Bonchev–Trinajstić information content (AvgIpc) is 2.42. The minimum Gasteiger partial charge on any atom is -0.369 e. The number of hydrogen-bond donors (Lipinski definition) is 2. The number of carbonyl (C=O) groups excluding carboxylic acids is 1. The van der Waals surface area contributed by atoms with E-state index in [0.717, 1.165) is 18.7 Å². The predicted molar refractivity (Wildman–Crippen MR) is 68.0 cm³/mol. The summed E-state index contributed by atoms with van der Waals surface area (Å²) >= 11 is 0. The fraction of sp³-hybridized carbons (Fsp3) is 0.455. The predicted octanol–water partition coefficient (Wildman–Crippen LogP) is 1.81. The molecule has 0 bridgehead atoms. The normalized spacial score (nSPS) is 10.4. The number of hydrogen-bond acceptors (Lipinski definition) is 5. The Kier molecular flexibility index (Phi) is 5.75. The van der Waals surface area contributed by atoms with Crippen molar-refractivity contribution >= 4 is 17.4 Å². The molecule has 7 nitrogen and oxygen atoms in total. The number of nitrogens with one attached hydrogen (secondary N) is 2. The van der Waals surface area contributed by atoms with Crippen LogP contribution in [0.2, 0.25) is 0 Å². The maximum atomic E-state index is 12.1. The van der Waals surface area contributed by atoms with E-state index < -0.39 is 23.8 Å². The van der Waals surface area contributed by atoms with Crippen molar-refractivity contribution in [3.05, 3.63) is 27.9 Å². The van der Waals surface area contributed by atoms with E-state index in [4.69, 9.17) is 0 Å². The highest BCUT2D eigenvalue weighted by molar-refractivity contribution is 5.99. The van der Waals surface area contributed by atoms with Crippen molar-refractivity contribution in [2.24, 2.45) is 0 Å². The number of nitro groups is 1. The average molecular weight is 288 g/mol. The minimum absolute atomic E-state index is 0.129. The maximum Gasteiger partial charge on any atom is 0.288 e. The first-order valence-electron chi connectivity index (χ1n) is 5.90. The quantitative estimate of drug-likeness (QED) is 0.589. The highest BCUT2D eigenvalue weighted by Crippen LogP contribution is 2.19. The Morgan fingerprint density at radius 1 is 1.55 bits per heavy atom. The van der Waals surface area contributed by atoms with E-state index in [1.165, 1.54) is 0 Å². The van der Waals surface area contributed by atoms with Crippen LogP contribution in [0.3, 0.4) is 0 Å². The molecule has 0 unspecified atom stereocenters. The summed E-state index contributed by atoms with van der Waals surface area (Å²) in [6.07, 6.45) is -0.948. The van der Waals surface area contributed by atoms with E-state index in [2.05, 4.69) is 10.3 Å². The van der Waals surface area contributed by atoms with Gasteiger partial charge < -0.3 is 10.6 Å². The van der Waals surface area contributed by atoms with Gasteiger partial charge >= 0.3 is 0 Å². The van der Waals surface area contributed by atoms with Crippen LogP contribution in [0, 0.1) is 10.1 Å². The molecule has 0 fully saturated rings. The molecule has 1 aromatic heterocycles. The fourth-order valence-corrected chi connectivity index (χ4v) is 1.38. The van der Waals surface area contributed by atoms with Crippen molar-refractivity contribution in [3.63, 3.8) is 0 Å². The second-order valence-corrected chi connectivity index (χ2v) is 3.87. The smallest absolute Gasteiger partial charge is 0.288 e. The highest BCUT2D eigenvalue weighted by Gasteiger charge is 2.18. The molecule has 0 spiro atoms. The molecule has 9 heteroatoms. The summed E-state index contributed by atoms with van der Waals surface area (Å²) in [4.78, 5) is 25.5. The Labute approximate surface area is 113 Å². The molecule has 20 heavy (non-hydrogen) atoms. The van der Waals surface area contributed by atoms with E-state index >= 15 is 0 Å². The molecule has 1 amide bonds. The van der Waals surface area contributed by atoms with Gasteiger partial charge in [0.2, 0.25) is 0 Å². The molecule has 1 rings (SSSR count). The summed E-state index contributed by atoms with van der Waals surface area (Å²) in [5, 5.41) is 15.5. The lowest BCUT2D eigenvalue weighted by atomic mass is 10.2. The van der Waals surface area contributed by atoms with E-state index in [1.807, 2.05) is 12.2 Å². The molecular weight excluding hydrogens is 274 g/mol. The first kappa shape index (κ1) is 15.7. The molecule has 0 radical (unpaired) electrons. The minimum atomic E-state index is -2.70. The van der Waals surface area contributed by atoms with Gasteiger partial charge in [0.15, 0.2) is 0 Å². The molecule has 0 saturated heterocycles. The van der Waals surface area contributed by atoms with Crippen LogP contribution in [0.1, 0.15) is 23.7 Å². The summed E-state index contributed by atoms with van der Waals surface area (Å²) in [6.45, 7) is 1.56. The van der Waals surface area contributed by atoms with Gasteiger partial charge in [0.1, 0.15) is 12.0 Å². The molecule has 0 aliphatic rings. The van der Waals surface area contributed by atoms with E-state index in [9.17, 15) is 23.7 Å². The van der Waals surface area contributed by atoms with Crippen LogP contribution in [0.4, 0.5) is 20.3 Å². The molecule has 2 N–H and O–H groups in total. The van der Waals surface area contributed by atoms with Gasteiger partial charge in [0, 0.05) is 12.6 Å². The van der Waals surface area contributed by atoms with Crippen LogP contribution in [0.5, 0.6) is 0 Å². The SMILES string of the molecule is CCCNc1ncc([N+](=O)[O-])cc1C(=O)NCC(F)F. The van der Waals surface area contributed by atoms with Crippen molar-refractivity contribution in [2.75, 3.05) is 18.4 Å². The number of rotatable bonds is 7. The van der Waals surface area contributed by atoms with Crippen molar-refractivity contribution < 1.29 is 18.5 Å². The van der Waals surface area contributed by atoms with Gasteiger partial charge in [-0.3, -0.25) is 14.9 Å². The first-order valence-corrected chi connectivity index (χ1v) is 5.90. The first-order chi connectivity index (χ1) is 9.45. The van der Waals surface area contributed by atoms with Crippen LogP contribution in [-0.2, 0) is 0 Å². The maximum absolute atomic E-state index is 12.1. The number of carbonyl (C=O) groups is 1. The molecule has 0 atom stereocenters. The lowest BCUT2D eigenvalue weighted by Crippen LogP contribution is -2.29. The van der Waals surface area contributed by atoms with Crippen molar-refractivity contribution in [2.45, 2.75) is 19.8 Å². The van der Waals surface area contributed by atoms with Gasteiger partial charge in [-0.05, 0) is 6.42 Å². The molecule has 1 heterocycles. The second kappa shape index (κ2) is 7.31. The number of nitrogens with zero attached hydrogens (tertiary/aromatic N) is 2. The number of halogens is 2. The number of amides is 1. The van der Waals surface area contributed by atoms with Crippen LogP contribution < -0.4 is 10.6 Å². The van der Waals surface area contributed by atoms with Crippen LogP contribution >= 0.6 is 0 Å². The number of alkyl halides is 2. The van der Waals surface area contributed by atoms with Gasteiger partial charge in [-0.15, -0.1) is 0 Å². The molecule has 0 saturated carbocycles. The van der Waals surface area contributed by atoms with E-state index in [0.29, 0.717) is 6.54 Å². The summed E-state index contributed by atoms with van der Waals surface area (Å²) in [7, 11) is 0. The monoisotopic (exact) mass is 288 g/mol. The van der Waals surface area contributed by atoms with Crippen molar-refractivity contribution in [1.29, 1.82) is 0 Å². The molecule has 1 aromatic rings. The summed E-state index contributed by atoms with van der Waals surface area (Å²) in [5.74, 6) is -0.704. The Balaban J connectivity index is 3.00. The standard InChI is InChI=1S/C11H14F2N4O3/c1-2-3-14-10-8(11(18)16-6-9(12)13)4-7(5-15-10)17(19)20/h4-5,9H,2-3,6H2,1H3,(H,14,15)(H,16,18). The topological polar surface area (TPSA) is 97.2 Å². The fourth-order valence-electron chi connectivity index (χ4n) is 1.38. The molecule has 0 aliphatic carbocycles. The zero-order valence-electron chi connectivity index (χ0n) is 10.7. The largest absolute Gasteiger partial charge is 0.369 e. The van der Waals surface area contributed by atoms with Crippen LogP contribution in [0.15, 0.2) is 12.3 Å². The Morgan fingerprint density at radius 2 is 2.25 bits per heavy atom.